The van der Waals surface area contributed by atoms with Crippen molar-refractivity contribution in [3.05, 3.63) is 10.1 Å². The van der Waals surface area contributed by atoms with Crippen LogP contribution in [0.15, 0.2) is 0 Å². The predicted molar refractivity (Wildman–Crippen MR) is 32.8 cm³/mol. The Morgan fingerprint density at radius 3 is 2.90 bits per heavy atom. The van der Waals surface area contributed by atoms with E-state index in [0.29, 0.717) is 13.3 Å². The lowest BCUT2D eigenvalue weighted by atomic mass is 10.6. The highest BCUT2D eigenvalue weighted by atomic mass is 16.6. The molecule has 7 nitrogen and oxygen atoms in total. The topological polar surface area (TPSA) is 96.5 Å². The Kier molecular flexibility index (Phi) is 2.12. The fraction of sp³-hybridized carbons (Fsp3) is 1.00. The smallest absolute Gasteiger partial charge is 0.290 e. The van der Waals surface area contributed by atoms with Gasteiger partial charge in [-0.05, 0) is 0 Å². The number of hydrogen-bond acceptors (Lipinski definition) is 6. The largest absolute Gasteiger partial charge is 0.339 e. The number of nitrogens with one attached hydrogen (secondary N) is 2. The summed E-state index contributed by atoms with van der Waals surface area (Å²) in [7, 11) is 0. The molecule has 10 heavy (non-hydrogen) atoms. The summed E-state index contributed by atoms with van der Waals surface area (Å²) in [5.74, 6) is 5.25. The van der Waals surface area contributed by atoms with Crippen LogP contribution in [-0.2, 0) is 0 Å². The second-order valence-corrected chi connectivity index (χ2v) is 1.96. The van der Waals surface area contributed by atoms with Crippen LogP contribution in [0.5, 0.6) is 0 Å². The van der Waals surface area contributed by atoms with E-state index in [-0.39, 0.29) is 0 Å². The minimum Gasteiger partial charge on any atom is -0.290 e. The molecule has 1 heterocycles. The Labute approximate surface area is 57.3 Å². The maximum atomic E-state index is 10.2. The van der Waals surface area contributed by atoms with Crippen LogP contribution in [0.1, 0.15) is 0 Å². The zero-order chi connectivity index (χ0) is 7.56. The summed E-state index contributed by atoms with van der Waals surface area (Å²) in [5.41, 5.74) is 0. The molecular weight excluding hydrogens is 138 g/mol. The van der Waals surface area contributed by atoms with Crippen LogP contribution in [-0.4, -0.2) is 29.6 Å². The number of hydrazine groups is 1. The van der Waals surface area contributed by atoms with E-state index in [0.717, 1.165) is 5.01 Å². The predicted octanol–water partition coefficient (Wildman–Crippen LogP) is -2.17. The van der Waals surface area contributed by atoms with Crippen LogP contribution in [0.3, 0.4) is 0 Å². The van der Waals surface area contributed by atoms with E-state index in [4.69, 9.17) is 5.84 Å². The molecule has 1 aliphatic rings. The van der Waals surface area contributed by atoms with E-state index < -0.39 is 11.2 Å². The van der Waals surface area contributed by atoms with Gasteiger partial charge in [0.2, 0.25) is 0 Å². The minimum atomic E-state index is -0.957. The van der Waals surface area contributed by atoms with Gasteiger partial charge in [-0.3, -0.25) is 21.3 Å². The maximum absolute atomic E-state index is 10.2. The monoisotopic (exact) mass is 147 g/mol. The summed E-state index contributed by atoms with van der Waals surface area (Å²) in [4.78, 5) is 9.69. The molecule has 0 bridgehead atoms. The Morgan fingerprint density at radius 1 is 1.80 bits per heavy atom. The van der Waals surface area contributed by atoms with Gasteiger partial charge < -0.3 is 0 Å². The summed E-state index contributed by atoms with van der Waals surface area (Å²) < 4.78 is 0. The standard InChI is InChI=1S/C3H9N5O2/c4-7-2-5-1-6-3(7)8(9)10/h3,5-6H,1-2,4H2. The van der Waals surface area contributed by atoms with Crippen molar-refractivity contribution in [3.8, 4) is 0 Å². The third-order valence-electron chi connectivity index (χ3n) is 1.22. The van der Waals surface area contributed by atoms with E-state index in [1.165, 1.54) is 0 Å². The van der Waals surface area contributed by atoms with Crippen LogP contribution in [0, 0.1) is 10.1 Å². The SMILES string of the molecule is NN1CNCNC1[N+](=O)[O-]. The van der Waals surface area contributed by atoms with Gasteiger partial charge in [0, 0.05) is 0 Å². The fourth-order valence-electron chi connectivity index (χ4n) is 0.748. The van der Waals surface area contributed by atoms with Gasteiger partial charge in [-0.15, -0.1) is 0 Å². The van der Waals surface area contributed by atoms with Gasteiger partial charge in [0.05, 0.1) is 18.3 Å². The molecule has 0 aromatic carbocycles. The molecular formula is C3H9N5O2. The lowest BCUT2D eigenvalue weighted by Gasteiger charge is -2.26. The third kappa shape index (κ3) is 1.39. The van der Waals surface area contributed by atoms with Crippen molar-refractivity contribution < 1.29 is 4.92 Å². The van der Waals surface area contributed by atoms with Gasteiger partial charge in [0.25, 0.3) is 0 Å². The molecule has 0 saturated carbocycles. The number of rotatable bonds is 1. The van der Waals surface area contributed by atoms with Crippen molar-refractivity contribution in [1.82, 2.24) is 15.6 Å². The van der Waals surface area contributed by atoms with Crippen LogP contribution in [0.2, 0.25) is 0 Å². The van der Waals surface area contributed by atoms with Crippen LogP contribution in [0.25, 0.3) is 0 Å². The summed E-state index contributed by atoms with van der Waals surface area (Å²) >= 11 is 0. The van der Waals surface area contributed by atoms with E-state index in [2.05, 4.69) is 10.6 Å². The first-order valence-electron chi connectivity index (χ1n) is 2.81. The Morgan fingerprint density at radius 2 is 2.50 bits per heavy atom. The molecule has 1 saturated heterocycles. The highest BCUT2D eigenvalue weighted by Crippen LogP contribution is 1.91. The lowest BCUT2D eigenvalue weighted by Crippen LogP contribution is -2.63. The molecule has 1 atom stereocenters. The molecule has 0 aliphatic carbocycles. The highest BCUT2D eigenvalue weighted by Gasteiger charge is 2.27. The van der Waals surface area contributed by atoms with Crippen molar-refractivity contribution >= 4 is 0 Å². The molecule has 1 unspecified atom stereocenters. The zero-order valence-electron chi connectivity index (χ0n) is 5.28. The number of hydrogen-bond donors (Lipinski definition) is 3. The van der Waals surface area contributed by atoms with Gasteiger partial charge in [0.1, 0.15) is 0 Å². The van der Waals surface area contributed by atoms with Crippen molar-refractivity contribution in [2.24, 2.45) is 5.84 Å². The number of nitrogens with two attached hydrogens (primary N) is 1. The minimum absolute atomic E-state index is 0.332. The summed E-state index contributed by atoms with van der Waals surface area (Å²) in [5, 5.41) is 16.6. The Balaban J connectivity index is 2.47. The molecule has 0 aromatic rings. The van der Waals surface area contributed by atoms with Gasteiger partial charge in [0.15, 0.2) is 0 Å². The van der Waals surface area contributed by atoms with Crippen molar-refractivity contribution in [2.75, 3.05) is 13.3 Å². The first kappa shape index (κ1) is 7.35. The van der Waals surface area contributed by atoms with Gasteiger partial charge in [-0.1, -0.05) is 0 Å². The third-order valence-corrected chi connectivity index (χ3v) is 1.22. The van der Waals surface area contributed by atoms with Crippen molar-refractivity contribution in [1.29, 1.82) is 0 Å². The fourth-order valence-corrected chi connectivity index (χ4v) is 0.748. The second kappa shape index (κ2) is 2.88. The van der Waals surface area contributed by atoms with Crippen molar-refractivity contribution in [3.63, 3.8) is 0 Å². The Hall–Kier alpha value is -0.760. The zero-order valence-corrected chi connectivity index (χ0v) is 5.28. The highest BCUT2D eigenvalue weighted by molar-refractivity contribution is 4.57. The molecule has 0 radical (unpaired) electrons. The van der Waals surface area contributed by atoms with E-state index in [9.17, 15) is 10.1 Å². The van der Waals surface area contributed by atoms with Crippen LogP contribution in [0.4, 0.5) is 0 Å². The maximum Gasteiger partial charge on any atom is 0.339 e. The first-order valence-corrected chi connectivity index (χ1v) is 2.81. The molecule has 1 aliphatic heterocycles. The average Bonchev–Trinajstić information content (AvgIpc) is 1.88. The summed E-state index contributed by atoms with van der Waals surface area (Å²) in [6, 6.07) is 0. The molecule has 0 spiro atoms. The second-order valence-electron chi connectivity index (χ2n) is 1.96. The number of nitro groups is 1. The normalized spacial score (nSPS) is 28.3. The van der Waals surface area contributed by atoms with Crippen LogP contribution >= 0.6 is 0 Å². The molecule has 0 aromatic heterocycles. The van der Waals surface area contributed by atoms with Crippen LogP contribution < -0.4 is 16.5 Å². The molecule has 4 N–H and O–H groups in total. The molecule has 1 rings (SSSR count). The first-order chi connectivity index (χ1) is 4.72. The van der Waals surface area contributed by atoms with Gasteiger partial charge >= 0.3 is 6.29 Å². The summed E-state index contributed by atoms with van der Waals surface area (Å²) in [6.45, 7) is 0.748. The quantitative estimate of drug-likeness (QED) is 0.222. The van der Waals surface area contributed by atoms with E-state index >= 15 is 0 Å². The number of nitrogens with zero attached hydrogens (tertiary/aromatic N) is 2. The molecule has 0 amide bonds. The summed E-state index contributed by atoms with van der Waals surface area (Å²) in [6.07, 6.45) is -0.957. The van der Waals surface area contributed by atoms with Crippen molar-refractivity contribution in [2.45, 2.75) is 6.29 Å². The van der Waals surface area contributed by atoms with Gasteiger partial charge in [-0.25, -0.2) is 5.32 Å². The molecule has 1 fully saturated rings. The van der Waals surface area contributed by atoms with E-state index in [1.54, 1.807) is 0 Å². The van der Waals surface area contributed by atoms with Gasteiger partial charge in [-0.2, -0.15) is 5.01 Å². The Bertz CT molecular complexity index is 139. The molecule has 7 heteroatoms. The average molecular weight is 147 g/mol. The lowest BCUT2D eigenvalue weighted by molar-refractivity contribution is -0.562. The van der Waals surface area contributed by atoms with E-state index in [1.807, 2.05) is 0 Å². The molecule has 58 valence electrons.